The van der Waals surface area contributed by atoms with Crippen LogP contribution in [0.25, 0.3) is 0 Å². The van der Waals surface area contributed by atoms with Crippen molar-refractivity contribution < 1.29 is 50.9 Å². The number of nitrogens with zero attached hydrogens (tertiary/aromatic N) is 3. The van der Waals surface area contributed by atoms with E-state index in [0.29, 0.717) is 20.4 Å². The van der Waals surface area contributed by atoms with Crippen LogP contribution in [-0.4, -0.2) is 71.0 Å². The Labute approximate surface area is 216 Å². The lowest BCUT2D eigenvalue weighted by atomic mass is 10.1. The molecule has 0 spiro atoms. The van der Waals surface area contributed by atoms with Gasteiger partial charge < -0.3 is 19.7 Å². The van der Waals surface area contributed by atoms with Crippen LogP contribution in [-0.2, 0) is 26.1 Å². The molecule has 16 heteroatoms. The maximum Gasteiger partial charge on any atom is 0.427 e. The van der Waals surface area contributed by atoms with Crippen molar-refractivity contribution in [2.75, 3.05) is 16.2 Å². The number of aliphatic hydroxyl groups excluding tert-OH is 1. The number of hydrogen-bond donors (Lipinski definition) is 3. The summed E-state index contributed by atoms with van der Waals surface area (Å²) in [7, 11) is -4.33. The van der Waals surface area contributed by atoms with Crippen LogP contribution in [0.4, 0.5) is 29.3 Å². The van der Waals surface area contributed by atoms with E-state index in [9.17, 15) is 36.3 Å². The summed E-state index contributed by atoms with van der Waals surface area (Å²) in [6, 6.07) is 3.66. The van der Waals surface area contributed by atoms with Crippen molar-refractivity contribution >= 4 is 33.5 Å². The van der Waals surface area contributed by atoms with Gasteiger partial charge in [-0.3, -0.25) is 14.3 Å². The van der Waals surface area contributed by atoms with Gasteiger partial charge in [-0.2, -0.15) is 18.3 Å². The monoisotopic (exact) mass is 564 g/mol. The number of carbonyl (C=O) groups is 2. The summed E-state index contributed by atoms with van der Waals surface area (Å²) >= 11 is 0. The van der Waals surface area contributed by atoms with Crippen molar-refractivity contribution in [2.45, 2.75) is 69.5 Å². The smallest absolute Gasteiger partial charge is 0.427 e. The molecule has 0 unspecified atom stereocenters. The van der Waals surface area contributed by atoms with E-state index in [4.69, 9.17) is 9.84 Å². The van der Waals surface area contributed by atoms with Crippen LogP contribution in [0, 0.1) is 6.92 Å². The Morgan fingerprint density at radius 3 is 2.53 bits per heavy atom. The third kappa shape index (κ3) is 5.96. The molecule has 2 atom stereocenters. The molecule has 2 heterocycles. The van der Waals surface area contributed by atoms with Gasteiger partial charge in [0, 0.05) is 24.8 Å². The first-order valence-electron chi connectivity index (χ1n) is 11.3. The number of sulfonamides is 1. The Hall–Kier alpha value is -3.53. The number of rotatable bonds is 8. The first kappa shape index (κ1) is 29.0. The quantitative estimate of drug-likeness (QED) is 0.438. The molecule has 1 aromatic heterocycles. The molecule has 0 saturated heterocycles. The molecule has 210 valence electrons. The molecule has 1 aromatic carbocycles. The molecule has 0 aliphatic carbocycles. The number of aromatic nitrogens is 2. The number of aryl methyl sites for hydroxylation is 2. The fourth-order valence-electron chi connectivity index (χ4n) is 3.56. The molecule has 12 nitrogen and oxygen atoms in total. The van der Waals surface area contributed by atoms with Crippen LogP contribution < -0.4 is 14.4 Å². The van der Waals surface area contributed by atoms with Gasteiger partial charge in [-0.15, -0.1) is 0 Å². The maximum atomic E-state index is 13.7. The second kappa shape index (κ2) is 10.3. The lowest BCUT2D eigenvalue weighted by Crippen LogP contribution is -2.45. The van der Waals surface area contributed by atoms with Crippen LogP contribution in [0.5, 0.6) is 5.75 Å². The topological polar surface area (TPSA) is 160 Å². The molecule has 1 aliphatic rings. The third-order valence-electron chi connectivity index (χ3n) is 5.73. The van der Waals surface area contributed by atoms with E-state index in [-0.39, 0.29) is 27.7 Å². The number of nitrogens with one attached hydrogen (secondary N) is 1. The van der Waals surface area contributed by atoms with E-state index in [1.54, 1.807) is 6.92 Å². The first-order chi connectivity index (χ1) is 17.5. The van der Waals surface area contributed by atoms with Gasteiger partial charge in [-0.05, 0) is 45.9 Å². The lowest BCUT2D eigenvalue weighted by Gasteiger charge is -2.36. The average molecular weight is 565 g/mol. The molecular formula is C22H27F3N4O8S. The first-order valence-corrected chi connectivity index (χ1v) is 12.8. The molecule has 2 aromatic rings. The largest absolute Gasteiger partial charge is 0.486 e. The predicted molar refractivity (Wildman–Crippen MR) is 127 cm³/mol. The zero-order valence-corrected chi connectivity index (χ0v) is 21.6. The number of aliphatic hydroxyl groups is 1. The maximum absolute atomic E-state index is 13.7. The van der Waals surface area contributed by atoms with E-state index in [1.165, 1.54) is 29.9 Å². The minimum atomic E-state index is -4.84. The number of benzene rings is 1. The number of carboxylic acid groups (broad SMARTS) is 1. The molecule has 3 rings (SSSR count). The lowest BCUT2D eigenvalue weighted by molar-refractivity contribution is -0.242. The Kier molecular flexibility index (Phi) is 7.89. The summed E-state index contributed by atoms with van der Waals surface area (Å²) in [5.41, 5.74) is -2.78. The Bertz CT molecular complexity index is 1330. The van der Waals surface area contributed by atoms with Gasteiger partial charge in [0.2, 0.25) is 5.60 Å². The van der Waals surface area contributed by atoms with E-state index in [0.717, 1.165) is 10.4 Å². The van der Waals surface area contributed by atoms with Crippen molar-refractivity contribution in [3.8, 4) is 5.75 Å². The summed E-state index contributed by atoms with van der Waals surface area (Å²) in [4.78, 5) is 23.2. The molecule has 1 aliphatic heterocycles. The van der Waals surface area contributed by atoms with Gasteiger partial charge in [0.15, 0.2) is 6.10 Å². The SMILES string of the molecule is CCn1cc(S(=O)(=O)N2C[C@H](C[C@H](O)C(=O)O)Oc3ccc(NC(=O)OC(C)(C)C(F)(F)F)cc32)c(C)n1. The molecule has 38 heavy (non-hydrogen) atoms. The number of aliphatic carboxylic acids is 1. The summed E-state index contributed by atoms with van der Waals surface area (Å²) < 4.78 is 79.2. The van der Waals surface area contributed by atoms with Crippen molar-refractivity contribution in [2.24, 2.45) is 0 Å². The molecule has 0 radical (unpaired) electrons. The molecule has 0 fully saturated rings. The molecule has 3 N–H and O–H groups in total. The normalized spacial score (nSPS) is 16.8. The van der Waals surface area contributed by atoms with Gasteiger partial charge in [0.25, 0.3) is 10.0 Å². The highest BCUT2D eigenvalue weighted by Crippen LogP contribution is 2.40. The number of anilines is 2. The summed E-state index contributed by atoms with van der Waals surface area (Å²) in [5.74, 6) is -1.55. The minimum Gasteiger partial charge on any atom is -0.486 e. The van der Waals surface area contributed by atoms with Crippen molar-refractivity contribution in [3.63, 3.8) is 0 Å². The highest BCUT2D eigenvalue weighted by Gasteiger charge is 2.51. The van der Waals surface area contributed by atoms with Crippen molar-refractivity contribution in [3.05, 3.63) is 30.1 Å². The van der Waals surface area contributed by atoms with Gasteiger partial charge >= 0.3 is 18.2 Å². The zero-order chi connectivity index (χ0) is 28.6. The summed E-state index contributed by atoms with van der Waals surface area (Å²) in [6.45, 7) is 4.56. The number of carbonyl (C=O) groups excluding carboxylic acids is 1. The molecule has 1 amide bonds. The minimum absolute atomic E-state index is 0.0301. The van der Waals surface area contributed by atoms with Gasteiger partial charge in [-0.1, -0.05) is 0 Å². The van der Waals surface area contributed by atoms with Crippen LogP contribution in [0.3, 0.4) is 0 Å². The van der Waals surface area contributed by atoms with E-state index < -0.39 is 59.0 Å². The number of hydrogen-bond acceptors (Lipinski definition) is 8. The van der Waals surface area contributed by atoms with E-state index in [2.05, 4.69) is 15.2 Å². The zero-order valence-electron chi connectivity index (χ0n) is 20.8. The van der Waals surface area contributed by atoms with Crippen LogP contribution in [0.2, 0.25) is 0 Å². The Balaban J connectivity index is 2.00. The fraction of sp³-hybridized carbons (Fsp3) is 0.500. The Morgan fingerprint density at radius 2 is 1.97 bits per heavy atom. The highest BCUT2D eigenvalue weighted by atomic mass is 32.2. The fourth-order valence-corrected chi connectivity index (χ4v) is 5.23. The number of amides is 1. The van der Waals surface area contributed by atoms with E-state index >= 15 is 0 Å². The molecule has 0 saturated carbocycles. The average Bonchev–Trinajstić information content (AvgIpc) is 3.19. The third-order valence-corrected chi connectivity index (χ3v) is 7.61. The number of halogens is 3. The van der Waals surface area contributed by atoms with Crippen molar-refractivity contribution in [1.82, 2.24) is 9.78 Å². The molecule has 0 bridgehead atoms. The van der Waals surface area contributed by atoms with Crippen LogP contribution in [0.15, 0.2) is 29.3 Å². The summed E-state index contributed by atoms with van der Waals surface area (Å²) in [6.07, 6.45) is -8.28. The van der Waals surface area contributed by atoms with Gasteiger partial charge in [-0.25, -0.2) is 18.0 Å². The Morgan fingerprint density at radius 1 is 1.32 bits per heavy atom. The van der Waals surface area contributed by atoms with Gasteiger partial charge in [0.05, 0.1) is 17.9 Å². The number of alkyl halides is 3. The van der Waals surface area contributed by atoms with E-state index in [1.807, 2.05) is 0 Å². The number of fused-ring (bicyclic) bond motifs is 1. The number of carboxylic acids is 1. The van der Waals surface area contributed by atoms with Crippen molar-refractivity contribution in [1.29, 1.82) is 0 Å². The molecular weight excluding hydrogens is 537 g/mol. The van der Waals surface area contributed by atoms with Crippen LogP contribution >= 0.6 is 0 Å². The highest BCUT2D eigenvalue weighted by molar-refractivity contribution is 7.92. The second-order valence-electron chi connectivity index (χ2n) is 9.01. The standard InChI is InChI=1S/C22H27F3N4O8S/c1-5-28-11-18(12(2)27-28)38(34,35)29-10-14(9-16(30)19(31)32)36-17-7-6-13(8-15(17)29)26-20(33)37-21(3,4)22(23,24)25/h6-8,11,14,16,30H,5,9-10H2,1-4H3,(H,26,33)(H,31,32)/t14-,16-/m0/s1. The predicted octanol–water partition coefficient (Wildman–Crippen LogP) is 2.89. The number of ether oxygens (including phenoxy) is 2. The van der Waals surface area contributed by atoms with Crippen LogP contribution in [0.1, 0.15) is 32.9 Å². The summed E-state index contributed by atoms with van der Waals surface area (Å²) in [5, 5.41) is 25.1. The second-order valence-corrected chi connectivity index (χ2v) is 10.8. The van der Waals surface area contributed by atoms with Gasteiger partial charge in [0.1, 0.15) is 16.7 Å².